The fourth-order valence-corrected chi connectivity index (χ4v) is 5.16. The Balaban J connectivity index is 1.64. The minimum absolute atomic E-state index is 0.0335. The lowest BCUT2D eigenvalue weighted by atomic mass is 9.96. The second-order valence-electron chi connectivity index (χ2n) is 9.53. The molecule has 2 aliphatic heterocycles. The minimum Gasteiger partial charge on any atom is -0.497 e. The van der Waals surface area contributed by atoms with E-state index in [1.165, 1.54) is 17.0 Å². The van der Waals surface area contributed by atoms with Crippen molar-refractivity contribution in [2.45, 2.75) is 18.6 Å². The number of aliphatic imine (C=N–C) groups is 1. The molecule has 0 unspecified atom stereocenters. The molecule has 41 heavy (non-hydrogen) atoms. The number of anilines is 2. The SMILES string of the molecule is [2H]C([2H])([2H])Oc1ccc(C(F)(F)F)cc1N1C(N2CCN(c3cccc(OC)c3)CC2)=Nc2c(F)cccc2[C@@H]1CC(=O)O. The Bertz CT molecular complexity index is 1580. The van der Waals surface area contributed by atoms with Crippen molar-refractivity contribution < 1.29 is 41.0 Å². The first-order valence-electron chi connectivity index (χ1n) is 14.2. The number of piperazine rings is 1. The fourth-order valence-electron chi connectivity index (χ4n) is 5.16. The number of hydrogen-bond donors (Lipinski definition) is 1. The molecule has 1 atom stereocenters. The van der Waals surface area contributed by atoms with Gasteiger partial charge in [0.25, 0.3) is 0 Å². The zero-order valence-electron chi connectivity index (χ0n) is 24.9. The number of carboxylic acids is 1. The lowest BCUT2D eigenvalue weighted by molar-refractivity contribution is -0.138. The predicted molar refractivity (Wildman–Crippen MR) is 146 cm³/mol. The van der Waals surface area contributed by atoms with Crippen LogP contribution in [0, 0.1) is 5.82 Å². The lowest BCUT2D eigenvalue weighted by Crippen LogP contribution is -2.55. The zero-order chi connectivity index (χ0) is 31.8. The Hall–Kier alpha value is -4.48. The Kier molecular flexibility index (Phi) is 6.64. The number of rotatable bonds is 6. The molecule has 5 rings (SSSR count). The molecular weight excluding hydrogens is 544 g/mol. The summed E-state index contributed by atoms with van der Waals surface area (Å²) in [6.07, 6.45) is -5.49. The van der Waals surface area contributed by atoms with E-state index in [0.717, 1.165) is 17.8 Å². The van der Waals surface area contributed by atoms with Gasteiger partial charge in [-0.15, -0.1) is 0 Å². The number of benzene rings is 3. The molecule has 1 N–H and O–H groups in total. The highest BCUT2D eigenvalue weighted by Crippen LogP contribution is 2.46. The van der Waals surface area contributed by atoms with Gasteiger partial charge >= 0.3 is 12.1 Å². The predicted octanol–water partition coefficient (Wildman–Crippen LogP) is 5.71. The van der Waals surface area contributed by atoms with Gasteiger partial charge in [0.05, 0.1) is 42.0 Å². The second kappa shape index (κ2) is 11.2. The average molecular weight is 576 g/mol. The number of ether oxygens (including phenoxy) is 2. The highest BCUT2D eigenvalue weighted by atomic mass is 19.4. The number of hydrogen-bond acceptors (Lipinski definition) is 7. The summed E-state index contributed by atoms with van der Waals surface area (Å²) in [6.45, 7) is 1.39. The number of aliphatic carboxylic acids is 1. The van der Waals surface area contributed by atoms with Crippen LogP contribution in [0.3, 0.4) is 0 Å². The summed E-state index contributed by atoms with van der Waals surface area (Å²) < 4.78 is 90.3. The molecule has 1 fully saturated rings. The van der Waals surface area contributed by atoms with Gasteiger partial charge in [-0.05, 0) is 36.4 Å². The van der Waals surface area contributed by atoms with Gasteiger partial charge in [-0.3, -0.25) is 4.79 Å². The molecule has 216 valence electrons. The van der Waals surface area contributed by atoms with E-state index in [0.29, 0.717) is 31.0 Å². The van der Waals surface area contributed by atoms with Crippen LogP contribution in [0.5, 0.6) is 11.5 Å². The second-order valence-corrected chi connectivity index (χ2v) is 9.53. The quantitative estimate of drug-likeness (QED) is 0.378. The van der Waals surface area contributed by atoms with E-state index >= 15 is 4.39 Å². The summed E-state index contributed by atoms with van der Waals surface area (Å²) in [5.74, 6) is -1.88. The van der Waals surface area contributed by atoms with Gasteiger partial charge in [0.15, 0.2) is 0 Å². The summed E-state index contributed by atoms with van der Waals surface area (Å²) >= 11 is 0. The van der Waals surface area contributed by atoms with Crippen molar-refractivity contribution in [2.24, 2.45) is 4.99 Å². The highest BCUT2D eigenvalue weighted by Gasteiger charge is 2.40. The zero-order valence-corrected chi connectivity index (χ0v) is 21.9. The Morgan fingerprint density at radius 2 is 1.78 bits per heavy atom. The van der Waals surface area contributed by atoms with Gasteiger partial charge in [0.1, 0.15) is 23.0 Å². The minimum atomic E-state index is -4.82. The first-order chi connectivity index (χ1) is 20.7. The Labute approximate surface area is 238 Å². The van der Waals surface area contributed by atoms with Gasteiger partial charge in [0.2, 0.25) is 5.96 Å². The van der Waals surface area contributed by atoms with Crippen molar-refractivity contribution in [3.63, 3.8) is 0 Å². The van der Waals surface area contributed by atoms with Gasteiger partial charge in [-0.1, -0.05) is 18.2 Å². The van der Waals surface area contributed by atoms with Crippen LogP contribution in [0.15, 0.2) is 65.7 Å². The lowest BCUT2D eigenvalue weighted by Gasteiger charge is -2.45. The van der Waals surface area contributed by atoms with E-state index in [1.54, 1.807) is 18.1 Å². The third kappa shape index (κ3) is 5.59. The van der Waals surface area contributed by atoms with E-state index in [4.69, 9.17) is 13.6 Å². The topological polar surface area (TPSA) is 77.8 Å². The smallest absolute Gasteiger partial charge is 0.416 e. The van der Waals surface area contributed by atoms with Gasteiger partial charge in [-0.25, -0.2) is 9.38 Å². The maximum absolute atomic E-state index is 15.2. The van der Waals surface area contributed by atoms with Gasteiger partial charge in [-0.2, -0.15) is 13.2 Å². The van der Waals surface area contributed by atoms with Crippen molar-refractivity contribution in [3.8, 4) is 11.5 Å². The van der Waals surface area contributed by atoms with E-state index in [1.807, 2.05) is 18.2 Å². The number of methoxy groups -OCH3 is 2. The summed E-state index contributed by atoms with van der Waals surface area (Å²) in [7, 11) is -1.49. The van der Waals surface area contributed by atoms with E-state index < -0.39 is 48.8 Å². The average Bonchev–Trinajstić information content (AvgIpc) is 2.96. The molecule has 8 nitrogen and oxygen atoms in total. The number of nitrogens with zero attached hydrogens (tertiary/aromatic N) is 4. The molecule has 0 saturated carbocycles. The van der Waals surface area contributed by atoms with Crippen LogP contribution < -0.4 is 19.3 Å². The molecule has 0 aliphatic carbocycles. The van der Waals surface area contributed by atoms with Crippen LogP contribution in [0.4, 0.5) is 34.6 Å². The Morgan fingerprint density at radius 1 is 1.05 bits per heavy atom. The number of carboxylic acid groups (broad SMARTS) is 1. The number of alkyl halides is 3. The van der Waals surface area contributed by atoms with Crippen LogP contribution in [-0.4, -0.2) is 62.3 Å². The molecule has 2 aliphatic rings. The van der Waals surface area contributed by atoms with E-state index in [9.17, 15) is 23.1 Å². The molecule has 0 amide bonds. The monoisotopic (exact) mass is 575 g/mol. The molecule has 3 aromatic carbocycles. The molecular formula is C29H28F4N4O4. The third-order valence-corrected chi connectivity index (χ3v) is 7.12. The van der Waals surface area contributed by atoms with Crippen LogP contribution in [0.1, 0.15) is 27.7 Å². The first-order valence-corrected chi connectivity index (χ1v) is 12.7. The van der Waals surface area contributed by atoms with Crippen molar-refractivity contribution >= 4 is 29.0 Å². The maximum atomic E-state index is 15.2. The fraction of sp³-hybridized carbons (Fsp3) is 0.310. The molecule has 0 aromatic heterocycles. The highest BCUT2D eigenvalue weighted by molar-refractivity contribution is 6.02. The Morgan fingerprint density at radius 3 is 2.46 bits per heavy atom. The van der Waals surface area contributed by atoms with Crippen molar-refractivity contribution in [1.29, 1.82) is 0 Å². The summed E-state index contributed by atoms with van der Waals surface area (Å²) in [4.78, 5) is 21.6. The van der Waals surface area contributed by atoms with Gasteiger partial charge in [0, 0.05) is 43.5 Å². The van der Waals surface area contributed by atoms with Crippen molar-refractivity contribution in [3.05, 3.63) is 77.6 Å². The summed E-state index contributed by atoms with van der Waals surface area (Å²) in [5.41, 5.74) is -0.649. The van der Waals surface area contributed by atoms with Crippen molar-refractivity contribution in [2.75, 3.05) is 50.1 Å². The number of halogens is 4. The number of para-hydroxylation sites is 1. The largest absolute Gasteiger partial charge is 0.497 e. The maximum Gasteiger partial charge on any atom is 0.416 e. The number of carbonyl (C=O) groups is 1. The summed E-state index contributed by atoms with van der Waals surface area (Å²) in [6, 6.07) is 12.3. The molecule has 0 spiro atoms. The molecule has 12 heteroatoms. The van der Waals surface area contributed by atoms with Crippen LogP contribution in [0.25, 0.3) is 0 Å². The molecule has 0 bridgehead atoms. The van der Waals surface area contributed by atoms with Crippen LogP contribution in [-0.2, 0) is 11.0 Å². The number of guanidine groups is 1. The molecule has 2 heterocycles. The first kappa shape index (κ1) is 24.3. The number of fused-ring (bicyclic) bond motifs is 1. The standard InChI is InChI=1S/C29H28F4N4O4/c1-40-20-6-3-5-19(16-20)35-11-13-36(14-12-35)28-34-27-21(7-4-8-22(27)30)23(17-26(38)39)37(28)24-15-18(29(31,32)33)9-10-25(24)41-2/h3-10,15-16,23H,11-14,17H2,1-2H3,(H,38,39)/t23-/m0/s1/i2D3. The van der Waals surface area contributed by atoms with Crippen molar-refractivity contribution in [1.82, 2.24) is 4.90 Å². The van der Waals surface area contributed by atoms with E-state index in [-0.39, 0.29) is 36.0 Å². The molecule has 0 radical (unpaired) electrons. The molecule has 1 saturated heterocycles. The molecule has 3 aromatic rings. The van der Waals surface area contributed by atoms with E-state index in [2.05, 4.69) is 9.89 Å². The summed E-state index contributed by atoms with van der Waals surface area (Å²) in [5, 5.41) is 9.87. The van der Waals surface area contributed by atoms with Crippen LogP contribution >= 0.6 is 0 Å². The van der Waals surface area contributed by atoms with Gasteiger partial charge < -0.3 is 29.3 Å². The normalized spacial score (nSPS) is 18.6. The van der Waals surface area contributed by atoms with Crippen LogP contribution in [0.2, 0.25) is 0 Å². The third-order valence-electron chi connectivity index (χ3n) is 7.12.